The zero-order chi connectivity index (χ0) is 41.2. The van der Waals surface area contributed by atoms with Crippen LogP contribution in [-0.4, -0.2) is 4.57 Å². The number of hydrogen-bond acceptors (Lipinski definition) is 1. The van der Waals surface area contributed by atoms with Crippen molar-refractivity contribution < 1.29 is 0 Å². The number of anilines is 3. The first-order valence-corrected chi connectivity index (χ1v) is 21.9. The van der Waals surface area contributed by atoms with Crippen molar-refractivity contribution in [2.24, 2.45) is 0 Å². The zero-order valence-corrected chi connectivity index (χ0v) is 34.3. The van der Waals surface area contributed by atoms with Gasteiger partial charge in [-0.25, -0.2) is 0 Å². The van der Waals surface area contributed by atoms with E-state index in [0.29, 0.717) is 0 Å². The van der Waals surface area contributed by atoms with Crippen molar-refractivity contribution >= 4 is 71.2 Å². The molecule has 11 aromatic carbocycles. The number of hydrogen-bond donors (Lipinski definition) is 0. The van der Waals surface area contributed by atoms with Gasteiger partial charge in [-0.05, 0) is 138 Å². The van der Waals surface area contributed by atoms with Crippen LogP contribution in [0.4, 0.5) is 17.1 Å². The summed E-state index contributed by atoms with van der Waals surface area (Å²) < 4.78 is 2.51. The van der Waals surface area contributed by atoms with E-state index in [1.807, 2.05) is 0 Å². The van der Waals surface area contributed by atoms with Gasteiger partial charge in [-0.15, -0.1) is 0 Å². The zero-order valence-electron chi connectivity index (χ0n) is 34.3. The molecule has 2 heteroatoms. The fourth-order valence-corrected chi connectivity index (χ4v) is 11.6. The van der Waals surface area contributed by atoms with E-state index < -0.39 is 5.41 Å². The minimum Gasteiger partial charge on any atom is -0.310 e. The third-order valence-corrected chi connectivity index (χ3v) is 14.1. The first kappa shape index (κ1) is 34.5. The molecule has 0 fully saturated rings. The summed E-state index contributed by atoms with van der Waals surface area (Å²) in [5, 5.41) is 10.2. The van der Waals surface area contributed by atoms with E-state index in [9.17, 15) is 0 Å². The van der Waals surface area contributed by atoms with Gasteiger partial charge >= 0.3 is 0 Å². The van der Waals surface area contributed by atoms with Crippen molar-refractivity contribution in [1.29, 1.82) is 0 Å². The highest BCUT2D eigenvalue weighted by molar-refractivity contribution is 6.27. The van der Waals surface area contributed by atoms with Gasteiger partial charge in [-0.3, -0.25) is 0 Å². The van der Waals surface area contributed by atoms with Crippen molar-refractivity contribution in [1.82, 2.24) is 4.57 Å². The molecule has 0 unspecified atom stereocenters. The summed E-state index contributed by atoms with van der Waals surface area (Å²) in [7, 11) is 0. The molecule has 0 aliphatic heterocycles. The van der Waals surface area contributed by atoms with Gasteiger partial charge in [0.1, 0.15) is 0 Å². The van der Waals surface area contributed by atoms with Gasteiger partial charge in [-0.2, -0.15) is 0 Å². The van der Waals surface area contributed by atoms with Crippen LogP contribution in [0.25, 0.3) is 82.1 Å². The maximum Gasteiger partial charge on any atom is 0.0726 e. The van der Waals surface area contributed by atoms with E-state index in [4.69, 9.17) is 0 Å². The van der Waals surface area contributed by atoms with Crippen LogP contribution in [0, 0.1) is 0 Å². The Hall–Kier alpha value is -8.20. The smallest absolute Gasteiger partial charge is 0.0726 e. The molecule has 2 aliphatic rings. The summed E-state index contributed by atoms with van der Waals surface area (Å²) in [6.45, 7) is 0. The van der Waals surface area contributed by atoms with Crippen LogP contribution in [0.2, 0.25) is 0 Å². The van der Waals surface area contributed by atoms with Crippen LogP contribution in [0.3, 0.4) is 0 Å². The SMILES string of the molecule is c1ccc(N(c2ccc(-c3cc4c5c(ccc6c5c5c(cccc5n6-c5ccc6ccccc6c5)C45c4ccccc4-c4ccccc45)c3)cc2)c2cccc3ccccc23)cc1. The Labute approximate surface area is 365 Å². The second-order valence-electron chi connectivity index (χ2n) is 17.2. The van der Waals surface area contributed by atoms with Gasteiger partial charge in [0.05, 0.1) is 22.1 Å². The highest BCUT2D eigenvalue weighted by Crippen LogP contribution is 2.62. The topological polar surface area (TPSA) is 8.17 Å². The fourth-order valence-electron chi connectivity index (χ4n) is 11.6. The lowest BCUT2D eigenvalue weighted by molar-refractivity contribution is 0.783. The Morgan fingerprint density at radius 3 is 1.76 bits per heavy atom. The number of nitrogens with zero attached hydrogens (tertiary/aromatic N) is 2. The first-order chi connectivity index (χ1) is 31.3. The van der Waals surface area contributed by atoms with Crippen LogP contribution in [-0.2, 0) is 5.41 Å². The minimum absolute atomic E-state index is 0.518. The number of para-hydroxylation sites is 1. The van der Waals surface area contributed by atoms with Gasteiger partial charge in [0.25, 0.3) is 0 Å². The summed E-state index contributed by atoms with van der Waals surface area (Å²) in [5.74, 6) is 0. The van der Waals surface area contributed by atoms with Gasteiger partial charge in [0.15, 0.2) is 0 Å². The minimum atomic E-state index is -0.518. The van der Waals surface area contributed by atoms with E-state index in [1.54, 1.807) is 0 Å². The largest absolute Gasteiger partial charge is 0.310 e. The molecule has 0 saturated heterocycles. The van der Waals surface area contributed by atoms with Crippen molar-refractivity contribution in [3.63, 3.8) is 0 Å². The Morgan fingerprint density at radius 1 is 0.333 bits per heavy atom. The molecular formula is C61H38N2. The average Bonchev–Trinajstić information content (AvgIpc) is 3.85. The third-order valence-electron chi connectivity index (χ3n) is 14.1. The maximum atomic E-state index is 2.53. The number of benzene rings is 11. The first-order valence-electron chi connectivity index (χ1n) is 21.9. The van der Waals surface area contributed by atoms with Gasteiger partial charge in [-0.1, -0.05) is 164 Å². The summed E-state index contributed by atoms with van der Waals surface area (Å²) in [5.41, 5.74) is 17.0. The van der Waals surface area contributed by atoms with E-state index >= 15 is 0 Å². The molecule has 14 rings (SSSR count). The summed E-state index contributed by atoms with van der Waals surface area (Å²) >= 11 is 0. The van der Waals surface area contributed by atoms with Crippen LogP contribution in [0.5, 0.6) is 0 Å². The highest BCUT2D eigenvalue weighted by atomic mass is 15.1. The van der Waals surface area contributed by atoms with Gasteiger partial charge in [0.2, 0.25) is 0 Å². The molecule has 1 spiro atoms. The Balaban J connectivity index is 1.03. The molecule has 12 aromatic rings. The molecule has 0 saturated carbocycles. The van der Waals surface area contributed by atoms with Crippen LogP contribution < -0.4 is 4.90 Å². The van der Waals surface area contributed by atoms with Gasteiger partial charge in [0, 0.05) is 33.2 Å². The number of fused-ring (bicyclic) bond motifs is 9. The van der Waals surface area contributed by atoms with Crippen LogP contribution >= 0.6 is 0 Å². The van der Waals surface area contributed by atoms with Gasteiger partial charge < -0.3 is 9.47 Å². The molecule has 0 atom stereocenters. The lowest BCUT2D eigenvalue weighted by atomic mass is 9.62. The second kappa shape index (κ2) is 12.9. The lowest BCUT2D eigenvalue weighted by Gasteiger charge is -2.38. The van der Waals surface area contributed by atoms with Crippen molar-refractivity contribution in [3.05, 3.63) is 253 Å². The van der Waals surface area contributed by atoms with E-state index in [-0.39, 0.29) is 0 Å². The molecule has 0 amide bonds. The van der Waals surface area contributed by atoms with Crippen molar-refractivity contribution in [2.75, 3.05) is 4.90 Å². The molecule has 0 radical (unpaired) electrons. The van der Waals surface area contributed by atoms with Crippen molar-refractivity contribution in [2.45, 2.75) is 5.41 Å². The number of rotatable bonds is 5. The summed E-state index contributed by atoms with van der Waals surface area (Å²) in [4.78, 5) is 2.39. The Bertz CT molecular complexity index is 3800. The number of aromatic nitrogens is 1. The molecule has 2 nitrogen and oxygen atoms in total. The van der Waals surface area contributed by atoms with E-state index in [1.165, 1.54) is 104 Å². The molecular weight excluding hydrogens is 761 g/mol. The standard InChI is InChI=1S/C61H38N2/c1-2-18-45(19-3-1)62(55-26-12-17-41-15-6-7-20-48(41)55)46-32-28-40(29-33-46)44-36-43-31-35-57-60-58(43)54(38-44)61(51-23-10-8-21-49(51)50-22-9-11-24-52(50)61)53-25-13-27-56(59(53)60)63(57)47-34-30-39-14-4-5-16-42(39)37-47/h1-38H. The van der Waals surface area contributed by atoms with E-state index in [0.717, 1.165) is 17.1 Å². The molecule has 1 aromatic heterocycles. The Kier molecular flexibility index (Phi) is 7.07. The molecule has 0 bridgehead atoms. The highest BCUT2D eigenvalue weighted by Gasteiger charge is 2.50. The van der Waals surface area contributed by atoms with Crippen molar-refractivity contribution in [3.8, 4) is 27.9 Å². The molecule has 0 N–H and O–H groups in total. The predicted molar refractivity (Wildman–Crippen MR) is 264 cm³/mol. The predicted octanol–water partition coefficient (Wildman–Crippen LogP) is 16.1. The third kappa shape index (κ3) is 4.67. The monoisotopic (exact) mass is 798 g/mol. The molecule has 1 heterocycles. The summed E-state index contributed by atoms with van der Waals surface area (Å²) in [6.07, 6.45) is 0. The molecule has 292 valence electrons. The Morgan fingerprint density at radius 2 is 0.952 bits per heavy atom. The molecule has 63 heavy (non-hydrogen) atoms. The second-order valence-corrected chi connectivity index (χ2v) is 17.2. The van der Waals surface area contributed by atoms with Crippen LogP contribution in [0.1, 0.15) is 22.3 Å². The quantitative estimate of drug-likeness (QED) is 0.168. The lowest BCUT2D eigenvalue weighted by Crippen LogP contribution is -2.30. The molecule has 2 aliphatic carbocycles. The maximum absolute atomic E-state index is 2.53. The van der Waals surface area contributed by atoms with E-state index in [2.05, 4.69) is 240 Å². The summed E-state index contributed by atoms with van der Waals surface area (Å²) in [6, 6.07) is 85.8. The average molecular weight is 799 g/mol. The normalized spacial score (nSPS) is 13.2. The fraction of sp³-hybridized carbons (Fsp3) is 0.0164. The van der Waals surface area contributed by atoms with Crippen LogP contribution in [0.15, 0.2) is 231 Å².